The van der Waals surface area contributed by atoms with E-state index in [1.807, 2.05) is 16.8 Å². The first-order valence-corrected chi connectivity index (χ1v) is 12.9. The van der Waals surface area contributed by atoms with Crippen LogP contribution in [0.15, 0.2) is 40.2 Å². The SMILES string of the molecule is CN1CCN(c2cc3c(c(C(F)(F)F)c2)N=c2ccc(N4CCCC4)cc2=S3OC(=O)C(F)(F)F)CC1. The highest BCUT2D eigenvalue weighted by atomic mass is 32.2. The highest BCUT2D eigenvalue weighted by Crippen LogP contribution is 2.49. The Hall–Kier alpha value is -2.80. The van der Waals surface area contributed by atoms with E-state index in [-0.39, 0.29) is 20.5 Å². The maximum atomic E-state index is 14.2. The lowest BCUT2D eigenvalue weighted by molar-refractivity contribution is -0.188. The molecule has 1 unspecified atom stereocenters. The fourth-order valence-electron chi connectivity index (χ4n) is 4.68. The van der Waals surface area contributed by atoms with E-state index < -0.39 is 40.3 Å². The normalized spacial score (nSPS) is 20.4. The number of benzene rings is 2. The summed E-state index contributed by atoms with van der Waals surface area (Å²) in [7, 11) is -0.179. The number of carbonyl (C=O) groups is 1. The molecule has 3 heterocycles. The summed E-state index contributed by atoms with van der Waals surface area (Å²) in [6.07, 6.45) is -8.24. The molecule has 0 saturated carbocycles. The number of fused-ring (bicyclic) bond motifs is 2. The zero-order chi connectivity index (χ0) is 26.5. The highest BCUT2D eigenvalue weighted by molar-refractivity contribution is 8.05. The molecule has 2 aromatic rings. The maximum absolute atomic E-state index is 14.2. The third-order valence-electron chi connectivity index (χ3n) is 6.67. The van der Waals surface area contributed by atoms with Crippen molar-refractivity contribution in [2.45, 2.75) is 30.1 Å². The van der Waals surface area contributed by atoms with Gasteiger partial charge in [0.05, 0.1) is 26.0 Å². The fourth-order valence-corrected chi connectivity index (χ4v) is 6.43. The van der Waals surface area contributed by atoms with Crippen molar-refractivity contribution in [2.24, 2.45) is 4.99 Å². The predicted octanol–water partition coefficient (Wildman–Crippen LogP) is 4.92. The molecule has 2 fully saturated rings. The van der Waals surface area contributed by atoms with Crippen molar-refractivity contribution in [1.29, 1.82) is 0 Å². The molecule has 2 aromatic carbocycles. The summed E-state index contributed by atoms with van der Waals surface area (Å²) in [5.41, 5.74) is -0.699. The molecular formula is C24H24F6N4O2S. The number of hydrogen-bond acceptors (Lipinski definition) is 6. The van der Waals surface area contributed by atoms with Crippen LogP contribution in [-0.2, 0) is 15.2 Å². The molecule has 1 atom stereocenters. The standard InChI is InChI=1S/C24H24F6N4O2S/c1-32-8-10-34(11-9-32)16-12-17(23(25,26)27)21-20(14-16)37(36-22(35)24(28,29)30)19-13-15(4-5-18(19)31-21)33-6-2-3-7-33/h4-5,12-14H,2-3,6-11H2,1H3. The van der Waals surface area contributed by atoms with Crippen molar-refractivity contribution >= 4 is 33.8 Å². The average Bonchev–Trinajstić information content (AvgIpc) is 3.37. The first-order valence-electron chi connectivity index (χ1n) is 11.7. The number of piperazine rings is 1. The minimum atomic E-state index is -5.31. The number of halogens is 6. The minimum Gasteiger partial charge on any atom is -0.388 e. The van der Waals surface area contributed by atoms with Gasteiger partial charge >= 0.3 is 18.3 Å². The van der Waals surface area contributed by atoms with Gasteiger partial charge in [-0.2, -0.15) is 26.3 Å². The van der Waals surface area contributed by atoms with Crippen LogP contribution in [0.3, 0.4) is 0 Å². The van der Waals surface area contributed by atoms with Gasteiger partial charge in [-0.1, -0.05) is 0 Å². The Labute approximate surface area is 211 Å². The smallest absolute Gasteiger partial charge is 0.388 e. The Balaban J connectivity index is 1.74. The predicted molar refractivity (Wildman–Crippen MR) is 127 cm³/mol. The summed E-state index contributed by atoms with van der Waals surface area (Å²) < 4.78 is 87.6. The first-order chi connectivity index (χ1) is 17.4. The van der Waals surface area contributed by atoms with Crippen LogP contribution in [0.25, 0.3) is 0 Å². The van der Waals surface area contributed by atoms with Crippen LogP contribution in [0, 0.1) is 4.51 Å². The minimum absolute atomic E-state index is 0.0478. The third kappa shape index (κ3) is 5.15. The van der Waals surface area contributed by atoms with E-state index in [1.54, 1.807) is 17.0 Å². The molecule has 200 valence electrons. The maximum Gasteiger partial charge on any atom is 0.492 e. The monoisotopic (exact) mass is 546 g/mol. The molecule has 0 radical (unpaired) electrons. The number of likely N-dealkylation sites (N-methyl/N-ethyl adjacent to an activating group) is 1. The number of anilines is 2. The molecule has 37 heavy (non-hydrogen) atoms. The van der Waals surface area contributed by atoms with Gasteiger partial charge in [0.1, 0.15) is 0 Å². The van der Waals surface area contributed by atoms with Crippen LogP contribution in [0.2, 0.25) is 0 Å². The molecule has 6 nitrogen and oxygen atoms in total. The molecule has 0 spiro atoms. The molecule has 13 heteroatoms. The summed E-state index contributed by atoms with van der Waals surface area (Å²) in [6, 6.07) is 7.09. The van der Waals surface area contributed by atoms with Gasteiger partial charge < -0.3 is 18.9 Å². The van der Waals surface area contributed by atoms with Gasteiger partial charge in [0.15, 0.2) is 0 Å². The van der Waals surface area contributed by atoms with E-state index in [0.29, 0.717) is 31.9 Å². The van der Waals surface area contributed by atoms with Gasteiger partial charge in [-0.05, 0) is 50.2 Å². The topological polar surface area (TPSA) is 48.4 Å². The molecule has 0 aromatic heterocycles. The Kier molecular flexibility index (Phi) is 6.63. The van der Waals surface area contributed by atoms with E-state index in [1.165, 1.54) is 12.1 Å². The van der Waals surface area contributed by atoms with Gasteiger partial charge in [-0.25, -0.2) is 9.79 Å². The third-order valence-corrected chi connectivity index (χ3v) is 8.43. The van der Waals surface area contributed by atoms with Crippen LogP contribution in [0.4, 0.5) is 43.4 Å². The Morgan fingerprint density at radius 2 is 1.54 bits per heavy atom. The van der Waals surface area contributed by atoms with Crippen molar-refractivity contribution in [2.75, 3.05) is 56.1 Å². The number of hydrogen-bond donors (Lipinski definition) is 0. The van der Waals surface area contributed by atoms with Crippen LogP contribution < -0.4 is 15.2 Å². The Morgan fingerprint density at radius 1 is 0.892 bits per heavy atom. The lowest BCUT2D eigenvalue weighted by Gasteiger charge is -2.35. The molecule has 2 saturated heterocycles. The largest absolute Gasteiger partial charge is 0.492 e. The Bertz CT molecular complexity index is 1350. The van der Waals surface area contributed by atoms with Gasteiger partial charge in [-0.15, -0.1) is 0 Å². The summed E-state index contributed by atoms with van der Waals surface area (Å²) in [5, 5.41) is 0.0478. The zero-order valence-electron chi connectivity index (χ0n) is 19.8. The first kappa shape index (κ1) is 25.8. The van der Waals surface area contributed by atoms with Gasteiger partial charge in [-0.3, -0.25) is 0 Å². The number of alkyl halides is 6. The quantitative estimate of drug-likeness (QED) is 0.404. The lowest BCUT2D eigenvalue weighted by atomic mass is 10.1. The molecule has 0 aliphatic carbocycles. The van der Waals surface area contributed by atoms with Gasteiger partial charge in [0, 0.05) is 61.4 Å². The molecule has 0 N–H and O–H groups in total. The van der Waals surface area contributed by atoms with E-state index in [9.17, 15) is 31.1 Å². The van der Waals surface area contributed by atoms with Crippen LogP contribution >= 0.6 is 10.8 Å². The molecule has 0 bridgehead atoms. The number of rotatable bonds is 3. The Morgan fingerprint density at radius 3 is 2.16 bits per heavy atom. The molecule has 5 rings (SSSR count). The summed E-state index contributed by atoms with van der Waals surface area (Å²) in [4.78, 5) is 21.8. The van der Waals surface area contributed by atoms with Crippen molar-refractivity contribution in [1.82, 2.24) is 4.90 Å². The zero-order valence-corrected chi connectivity index (χ0v) is 20.6. The van der Waals surface area contributed by atoms with Crippen LogP contribution in [0.5, 0.6) is 0 Å². The summed E-state index contributed by atoms with van der Waals surface area (Å²) in [6.45, 7) is 3.59. The van der Waals surface area contributed by atoms with E-state index in [2.05, 4.69) is 4.99 Å². The second kappa shape index (κ2) is 9.50. The van der Waals surface area contributed by atoms with E-state index in [0.717, 1.165) is 32.0 Å². The van der Waals surface area contributed by atoms with Crippen LogP contribution in [0.1, 0.15) is 18.4 Å². The van der Waals surface area contributed by atoms with E-state index in [4.69, 9.17) is 4.18 Å². The van der Waals surface area contributed by atoms with E-state index >= 15 is 0 Å². The second-order valence-corrected chi connectivity index (χ2v) is 10.8. The number of nitrogens with zero attached hydrogens (tertiary/aromatic N) is 4. The van der Waals surface area contributed by atoms with Crippen molar-refractivity contribution < 1.29 is 35.3 Å². The summed E-state index contributed by atoms with van der Waals surface area (Å²) >= 11 is 0. The molecular weight excluding hydrogens is 522 g/mol. The lowest BCUT2D eigenvalue weighted by Crippen LogP contribution is -2.44. The van der Waals surface area contributed by atoms with Crippen molar-refractivity contribution in [3.8, 4) is 0 Å². The van der Waals surface area contributed by atoms with Gasteiger partial charge in [0.25, 0.3) is 0 Å². The molecule has 3 aliphatic heterocycles. The second-order valence-electron chi connectivity index (χ2n) is 9.22. The highest BCUT2D eigenvalue weighted by Gasteiger charge is 2.43. The van der Waals surface area contributed by atoms with Crippen molar-refractivity contribution in [3.63, 3.8) is 0 Å². The molecule has 0 amide bonds. The van der Waals surface area contributed by atoms with Crippen molar-refractivity contribution in [3.05, 3.63) is 45.8 Å². The average molecular weight is 547 g/mol. The fraction of sp³-hybridized carbons (Fsp3) is 0.458. The molecule has 3 aliphatic rings. The summed E-state index contributed by atoms with van der Waals surface area (Å²) in [5.74, 6) is -2.46. The number of carbonyl (C=O) groups excluding carboxylic acids is 1. The van der Waals surface area contributed by atoms with Crippen LogP contribution in [-0.4, -0.2) is 63.4 Å². The van der Waals surface area contributed by atoms with Gasteiger partial charge in [0.2, 0.25) is 0 Å².